The average molecular weight is 524 g/mol. The van der Waals surface area contributed by atoms with Crippen LogP contribution in [0.15, 0.2) is 53.6 Å². The number of nitrogens with zero attached hydrogens (tertiary/aromatic N) is 1. The fourth-order valence-electron chi connectivity index (χ4n) is 4.05. The van der Waals surface area contributed by atoms with E-state index in [1.54, 1.807) is 19.2 Å². The molecule has 0 aromatic heterocycles. The SMILES string of the molecule is CCCCCCCCCCCCCC(=O)NCC(=O)N/N=C\c1ccc(OCc2ccccc2)c(OC)c1. The van der Waals surface area contributed by atoms with E-state index in [0.29, 0.717) is 24.5 Å². The minimum absolute atomic E-state index is 0.0935. The Morgan fingerprint density at radius 2 is 1.47 bits per heavy atom. The molecule has 2 aromatic rings. The van der Waals surface area contributed by atoms with E-state index in [0.717, 1.165) is 24.0 Å². The molecular formula is C31H45N3O4. The standard InChI is InChI=1S/C31H45N3O4/c1-3-4-5-6-7-8-9-10-11-12-16-19-30(35)32-24-31(36)34-33-23-27-20-21-28(29(22-27)37-2)38-25-26-17-14-13-15-18-26/h13-15,17-18,20-23H,3-12,16,19,24-25H2,1-2H3,(H,32,35)(H,34,36)/b33-23-. The quantitative estimate of drug-likeness (QED) is 0.117. The van der Waals surface area contributed by atoms with Crippen molar-refractivity contribution >= 4 is 18.0 Å². The van der Waals surface area contributed by atoms with Gasteiger partial charge in [-0.15, -0.1) is 0 Å². The Bertz CT molecular complexity index is 963. The second-order valence-electron chi connectivity index (χ2n) is 9.54. The second kappa shape index (κ2) is 19.7. The van der Waals surface area contributed by atoms with E-state index < -0.39 is 0 Å². The zero-order valence-corrected chi connectivity index (χ0v) is 23.2. The van der Waals surface area contributed by atoms with Crippen molar-refractivity contribution in [3.63, 3.8) is 0 Å². The largest absolute Gasteiger partial charge is 0.493 e. The van der Waals surface area contributed by atoms with Gasteiger partial charge < -0.3 is 14.8 Å². The molecule has 0 atom stereocenters. The van der Waals surface area contributed by atoms with Gasteiger partial charge in [-0.1, -0.05) is 101 Å². The minimum Gasteiger partial charge on any atom is -0.493 e. The van der Waals surface area contributed by atoms with Gasteiger partial charge in [0.2, 0.25) is 5.91 Å². The summed E-state index contributed by atoms with van der Waals surface area (Å²) in [5.74, 6) is 0.725. The molecule has 0 spiro atoms. The number of hydrazone groups is 1. The Balaban J connectivity index is 1.56. The fraction of sp³-hybridized carbons (Fsp3) is 0.516. The molecule has 2 rings (SSSR count). The highest BCUT2D eigenvalue weighted by Gasteiger charge is 2.07. The van der Waals surface area contributed by atoms with Crippen LogP contribution < -0.4 is 20.2 Å². The van der Waals surface area contributed by atoms with Gasteiger partial charge in [-0.2, -0.15) is 5.10 Å². The van der Waals surface area contributed by atoms with Gasteiger partial charge in [-0.05, 0) is 35.7 Å². The van der Waals surface area contributed by atoms with Crippen LogP contribution in [0, 0.1) is 0 Å². The highest BCUT2D eigenvalue weighted by molar-refractivity contribution is 5.86. The third kappa shape index (κ3) is 13.8. The van der Waals surface area contributed by atoms with Crippen molar-refractivity contribution in [3.8, 4) is 11.5 Å². The summed E-state index contributed by atoms with van der Waals surface area (Å²) in [6.07, 6.45) is 15.6. The molecule has 2 amide bonds. The first kappa shape index (κ1) is 30.9. The summed E-state index contributed by atoms with van der Waals surface area (Å²) in [4.78, 5) is 24.0. The molecule has 0 heterocycles. The zero-order valence-electron chi connectivity index (χ0n) is 23.2. The molecule has 0 saturated carbocycles. The second-order valence-corrected chi connectivity index (χ2v) is 9.54. The Morgan fingerprint density at radius 3 is 2.13 bits per heavy atom. The summed E-state index contributed by atoms with van der Waals surface area (Å²) in [6, 6.07) is 15.3. The molecule has 38 heavy (non-hydrogen) atoms. The van der Waals surface area contributed by atoms with Crippen LogP contribution in [-0.4, -0.2) is 31.7 Å². The third-order valence-electron chi connectivity index (χ3n) is 6.28. The predicted octanol–water partition coefficient (Wildman–Crippen LogP) is 6.54. The topological polar surface area (TPSA) is 89.0 Å². The summed E-state index contributed by atoms with van der Waals surface area (Å²) in [7, 11) is 1.58. The zero-order chi connectivity index (χ0) is 27.3. The lowest BCUT2D eigenvalue weighted by molar-refractivity contribution is -0.126. The Hall–Kier alpha value is -3.35. The summed E-state index contributed by atoms with van der Waals surface area (Å²) < 4.78 is 11.3. The van der Waals surface area contributed by atoms with Crippen molar-refractivity contribution in [2.24, 2.45) is 5.10 Å². The number of carbonyl (C=O) groups excluding carboxylic acids is 2. The van der Waals surface area contributed by atoms with Crippen LogP contribution in [0.25, 0.3) is 0 Å². The van der Waals surface area contributed by atoms with Crippen molar-refractivity contribution in [2.75, 3.05) is 13.7 Å². The number of hydrogen-bond acceptors (Lipinski definition) is 5. The lowest BCUT2D eigenvalue weighted by Crippen LogP contribution is -2.34. The number of amides is 2. The van der Waals surface area contributed by atoms with E-state index in [1.165, 1.54) is 64.0 Å². The number of methoxy groups -OCH3 is 1. The van der Waals surface area contributed by atoms with Gasteiger partial charge in [0.05, 0.1) is 19.9 Å². The molecule has 0 aliphatic heterocycles. The van der Waals surface area contributed by atoms with Crippen molar-refractivity contribution in [3.05, 3.63) is 59.7 Å². The van der Waals surface area contributed by atoms with Crippen LogP contribution in [-0.2, 0) is 16.2 Å². The number of benzene rings is 2. The molecule has 2 N–H and O–H groups in total. The van der Waals surface area contributed by atoms with Gasteiger partial charge in [0.15, 0.2) is 11.5 Å². The lowest BCUT2D eigenvalue weighted by atomic mass is 10.1. The predicted molar refractivity (Wildman–Crippen MR) is 154 cm³/mol. The highest BCUT2D eigenvalue weighted by Crippen LogP contribution is 2.28. The van der Waals surface area contributed by atoms with Gasteiger partial charge in [-0.3, -0.25) is 9.59 Å². The monoisotopic (exact) mass is 523 g/mol. The molecule has 7 nitrogen and oxygen atoms in total. The summed E-state index contributed by atoms with van der Waals surface area (Å²) in [5, 5.41) is 6.64. The van der Waals surface area contributed by atoms with E-state index in [9.17, 15) is 9.59 Å². The van der Waals surface area contributed by atoms with Gasteiger partial charge in [-0.25, -0.2) is 5.43 Å². The smallest absolute Gasteiger partial charge is 0.259 e. The number of nitrogens with one attached hydrogen (secondary N) is 2. The van der Waals surface area contributed by atoms with E-state index >= 15 is 0 Å². The number of unbranched alkanes of at least 4 members (excludes halogenated alkanes) is 10. The van der Waals surface area contributed by atoms with Crippen LogP contribution in [0.4, 0.5) is 0 Å². The van der Waals surface area contributed by atoms with E-state index in [1.807, 2.05) is 36.4 Å². The number of carbonyl (C=O) groups is 2. The van der Waals surface area contributed by atoms with Crippen molar-refractivity contribution in [2.45, 2.75) is 90.6 Å². The highest BCUT2D eigenvalue weighted by atomic mass is 16.5. The number of ether oxygens (including phenoxy) is 2. The van der Waals surface area contributed by atoms with Gasteiger partial charge >= 0.3 is 0 Å². The molecule has 0 aliphatic carbocycles. The third-order valence-corrected chi connectivity index (χ3v) is 6.28. The summed E-state index contributed by atoms with van der Waals surface area (Å²) >= 11 is 0. The van der Waals surface area contributed by atoms with Crippen LogP contribution in [0.3, 0.4) is 0 Å². The summed E-state index contributed by atoms with van der Waals surface area (Å²) in [6.45, 7) is 2.59. The molecule has 0 aliphatic rings. The van der Waals surface area contributed by atoms with E-state index in [2.05, 4.69) is 22.8 Å². The van der Waals surface area contributed by atoms with Crippen LogP contribution in [0.1, 0.15) is 95.1 Å². The molecule has 0 radical (unpaired) electrons. The van der Waals surface area contributed by atoms with Crippen molar-refractivity contribution < 1.29 is 19.1 Å². The molecule has 0 fully saturated rings. The average Bonchev–Trinajstić information content (AvgIpc) is 2.94. The molecule has 0 saturated heterocycles. The van der Waals surface area contributed by atoms with Crippen molar-refractivity contribution in [1.29, 1.82) is 0 Å². The van der Waals surface area contributed by atoms with Gasteiger partial charge in [0, 0.05) is 6.42 Å². The van der Waals surface area contributed by atoms with E-state index in [4.69, 9.17) is 9.47 Å². The molecular weight excluding hydrogens is 478 g/mol. The molecule has 208 valence electrons. The Labute approximate surface area is 228 Å². The first-order valence-electron chi connectivity index (χ1n) is 14.1. The van der Waals surface area contributed by atoms with E-state index in [-0.39, 0.29) is 18.4 Å². The number of rotatable bonds is 20. The minimum atomic E-state index is -0.372. The first-order chi connectivity index (χ1) is 18.6. The maximum absolute atomic E-state index is 12.0. The molecule has 2 aromatic carbocycles. The molecule has 0 unspecified atom stereocenters. The first-order valence-corrected chi connectivity index (χ1v) is 14.1. The Morgan fingerprint density at radius 1 is 0.816 bits per heavy atom. The normalized spacial score (nSPS) is 10.9. The van der Waals surface area contributed by atoms with Crippen LogP contribution >= 0.6 is 0 Å². The van der Waals surface area contributed by atoms with Gasteiger partial charge in [0.25, 0.3) is 5.91 Å². The molecule has 0 bridgehead atoms. The molecule has 7 heteroatoms. The van der Waals surface area contributed by atoms with Crippen LogP contribution in [0.5, 0.6) is 11.5 Å². The number of hydrogen-bond donors (Lipinski definition) is 2. The maximum atomic E-state index is 12.0. The fourth-order valence-corrected chi connectivity index (χ4v) is 4.05. The van der Waals surface area contributed by atoms with Crippen molar-refractivity contribution in [1.82, 2.24) is 10.7 Å². The summed E-state index contributed by atoms with van der Waals surface area (Å²) in [5.41, 5.74) is 4.25. The maximum Gasteiger partial charge on any atom is 0.259 e. The Kier molecular flexibility index (Phi) is 16.0. The van der Waals surface area contributed by atoms with Crippen LogP contribution in [0.2, 0.25) is 0 Å². The van der Waals surface area contributed by atoms with Gasteiger partial charge in [0.1, 0.15) is 6.61 Å². The lowest BCUT2D eigenvalue weighted by Gasteiger charge is -2.11.